The molecule has 63 heavy (non-hydrogen) atoms. The van der Waals surface area contributed by atoms with Gasteiger partial charge in [0.15, 0.2) is 6.29 Å². The van der Waals surface area contributed by atoms with E-state index in [0.29, 0.717) is 17.5 Å². The normalized spacial score (nSPS) is 20.0. The summed E-state index contributed by atoms with van der Waals surface area (Å²) < 4.78 is 23.1. The van der Waals surface area contributed by atoms with Crippen molar-refractivity contribution in [3.8, 4) is 0 Å². The largest absolute Gasteiger partial charge is 0.466 e. The Hall–Kier alpha value is -6.05. The Morgan fingerprint density at radius 1 is 0.905 bits per heavy atom. The minimum absolute atomic E-state index is 0.0225. The summed E-state index contributed by atoms with van der Waals surface area (Å²) in [5.41, 5.74) is 8.12. The van der Waals surface area contributed by atoms with Gasteiger partial charge in [-0.15, -0.1) is 0 Å². The van der Waals surface area contributed by atoms with Crippen molar-refractivity contribution in [2.75, 3.05) is 19.8 Å². The molecule has 1 aliphatic rings. The van der Waals surface area contributed by atoms with Crippen LogP contribution < -0.4 is 27.0 Å². The monoisotopic (exact) mass is 872 g/mol. The molecular formula is C45H56N6O12. The molecule has 0 bridgehead atoms. The molecule has 0 saturated carbocycles. The van der Waals surface area contributed by atoms with Crippen LogP contribution >= 0.6 is 0 Å². The van der Waals surface area contributed by atoms with Gasteiger partial charge < -0.3 is 56.2 Å². The molecule has 0 aliphatic carbocycles. The first-order valence-electron chi connectivity index (χ1n) is 20.8. The number of carbonyl (C=O) groups is 6. The first-order chi connectivity index (χ1) is 30.2. The third-order valence-corrected chi connectivity index (χ3v) is 10.4. The molecule has 3 unspecified atom stereocenters. The van der Waals surface area contributed by atoms with Crippen molar-refractivity contribution in [3.05, 3.63) is 90.0 Å². The van der Waals surface area contributed by atoms with Crippen molar-refractivity contribution in [3.63, 3.8) is 0 Å². The van der Waals surface area contributed by atoms with Crippen LogP contribution in [0.2, 0.25) is 0 Å². The minimum atomic E-state index is -1.51. The fraction of sp³-hybridized carbons (Fsp3) is 0.444. The second kappa shape index (κ2) is 22.9. The predicted molar refractivity (Wildman–Crippen MR) is 229 cm³/mol. The first-order valence-corrected chi connectivity index (χ1v) is 20.8. The van der Waals surface area contributed by atoms with Crippen molar-refractivity contribution in [2.24, 2.45) is 11.7 Å². The number of nitrogens with zero attached hydrogens (tertiary/aromatic N) is 1. The lowest BCUT2D eigenvalue weighted by Gasteiger charge is -2.44. The van der Waals surface area contributed by atoms with Crippen LogP contribution in [-0.4, -0.2) is 119 Å². The quantitative estimate of drug-likeness (QED) is 0.0356. The Labute approximate surface area is 364 Å². The third kappa shape index (κ3) is 13.2. The zero-order valence-electron chi connectivity index (χ0n) is 35.7. The number of para-hydroxylation sites is 2. The molecule has 8 N–H and O–H groups in total. The number of aromatic nitrogens is 1. The number of primary amides is 1. The number of rotatable bonds is 21. The molecule has 5 rings (SSSR count). The zero-order chi connectivity index (χ0) is 45.6. The van der Waals surface area contributed by atoms with Gasteiger partial charge >= 0.3 is 5.97 Å². The van der Waals surface area contributed by atoms with E-state index in [-0.39, 0.29) is 38.5 Å². The summed E-state index contributed by atoms with van der Waals surface area (Å²) in [4.78, 5) is 81.9. The van der Waals surface area contributed by atoms with Crippen LogP contribution in [0.15, 0.2) is 78.9 Å². The number of pyridine rings is 1. The molecule has 338 valence electrons. The van der Waals surface area contributed by atoms with Crippen LogP contribution in [0.3, 0.4) is 0 Å². The molecule has 3 aromatic carbocycles. The van der Waals surface area contributed by atoms with Gasteiger partial charge in [-0.25, -0.2) is 4.98 Å². The summed E-state index contributed by atoms with van der Waals surface area (Å²) in [5, 5.41) is 33.5. The van der Waals surface area contributed by atoms with E-state index in [1.807, 2.05) is 66.7 Å². The smallest absolute Gasteiger partial charge is 0.305 e. The molecule has 1 saturated heterocycles. The highest BCUT2D eigenvalue weighted by atomic mass is 16.7. The summed E-state index contributed by atoms with van der Waals surface area (Å²) in [6, 6.07) is 20.5. The van der Waals surface area contributed by atoms with Gasteiger partial charge in [-0.3, -0.25) is 28.8 Å². The molecule has 0 radical (unpaired) electrons. The van der Waals surface area contributed by atoms with Crippen LogP contribution in [0.25, 0.3) is 21.8 Å². The SMILES string of the molecule is CC(=O)N[C@@H]1[C@H](OCc2ccccc2)OC(CO)C(O)[C@H]1OC(C)C(=O)N[C@@H](C(=O)N[C@H](CCC(=O)OCCCNC(=O)c1cccc2cc3ccccc3nc12)C(N)=O)C(C)C. The van der Waals surface area contributed by atoms with E-state index >= 15 is 0 Å². The number of ether oxygens (including phenoxy) is 4. The number of hydrogen-bond donors (Lipinski definition) is 7. The average molecular weight is 873 g/mol. The Morgan fingerprint density at radius 2 is 1.62 bits per heavy atom. The van der Waals surface area contributed by atoms with E-state index in [2.05, 4.69) is 26.3 Å². The van der Waals surface area contributed by atoms with Gasteiger partial charge in [0.25, 0.3) is 5.91 Å². The molecule has 18 nitrogen and oxygen atoms in total. The fourth-order valence-corrected chi connectivity index (χ4v) is 7.04. The van der Waals surface area contributed by atoms with Crippen molar-refractivity contribution in [2.45, 2.75) is 102 Å². The Balaban J connectivity index is 1.10. The van der Waals surface area contributed by atoms with Gasteiger partial charge in [0.05, 0.1) is 36.4 Å². The number of aliphatic hydroxyl groups is 2. The molecule has 1 aliphatic heterocycles. The lowest BCUT2D eigenvalue weighted by Crippen LogP contribution is -2.66. The maximum Gasteiger partial charge on any atom is 0.305 e. The summed E-state index contributed by atoms with van der Waals surface area (Å²) >= 11 is 0. The van der Waals surface area contributed by atoms with Gasteiger partial charge in [-0.2, -0.15) is 0 Å². The number of aliphatic hydroxyl groups excluding tert-OH is 2. The Morgan fingerprint density at radius 3 is 2.32 bits per heavy atom. The highest BCUT2D eigenvalue weighted by molar-refractivity contribution is 6.07. The van der Waals surface area contributed by atoms with Gasteiger partial charge in [-0.05, 0) is 49.4 Å². The van der Waals surface area contributed by atoms with Crippen LogP contribution in [0.4, 0.5) is 0 Å². The van der Waals surface area contributed by atoms with Crippen molar-refractivity contribution < 1.29 is 57.9 Å². The van der Waals surface area contributed by atoms with E-state index in [1.54, 1.807) is 26.0 Å². The van der Waals surface area contributed by atoms with Gasteiger partial charge in [-0.1, -0.05) is 74.5 Å². The molecule has 1 fully saturated rings. The van der Waals surface area contributed by atoms with E-state index in [0.717, 1.165) is 21.9 Å². The van der Waals surface area contributed by atoms with Crippen LogP contribution in [0, 0.1) is 5.92 Å². The second-order valence-corrected chi connectivity index (χ2v) is 15.6. The maximum atomic E-state index is 13.5. The highest BCUT2D eigenvalue weighted by Gasteiger charge is 2.48. The molecule has 1 aromatic heterocycles. The van der Waals surface area contributed by atoms with E-state index in [4.69, 9.17) is 24.7 Å². The minimum Gasteiger partial charge on any atom is -0.466 e. The van der Waals surface area contributed by atoms with Gasteiger partial charge in [0.2, 0.25) is 23.6 Å². The number of benzene rings is 3. The molecule has 8 atom stereocenters. The standard InChI is InChI=1S/C45H56N6O12/c1-25(2)36(51-42(57)26(3)62-40-38(48-27(4)53)45(63-34(23-52)39(40)55)61-24-28-12-6-5-7-13-28)44(59)50-33(41(46)56)18-19-35(54)60-21-11-20-47-43(58)31-16-10-15-30-22-29-14-8-9-17-32(29)49-37(30)31/h5-10,12-17,22,25-26,33-34,36,38-40,45,52,55H,11,18-21,23-24H2,1-4H3,(H2,46,56)(H,47,58)(H,48,53)(H,50,59)(H,51,57)/t26?,33-,34?,36-,38+,39?,40+,45-/m1/s1. The zero-order valence-corrected chi connectivity index (χ0v) is 35.7. The number of hydrogen-bond acceptors (Lipinski definition) is 13. The molecule has 18 heteroatoms. The summed E-state index contributed by atoms with van der Waals surface area (Å²) in [6.07, 6.45) is -6.68. The highest BCUT2D eigenvalue weighted by Crippen LogP contribution is 2.27. The molecule has 5 amide bonds. The molecule has 4 aromatic rings. The van der Waals surface area contributed by atoms with Crippen LogP contribution in [0.5, 0.6) is 0 Å². The maximum absolute atomic E-state index is 13.5. The topological polar surface area (TPSA) is 267 Å². The van der Waals surface area contributed by atoms with Crippen LogP contribution in [0.1, 0.15) is 62.9 Å². The number of nitrogens with one attached hydrogen (secondary N) is 4. The van der Waals surface area contributed by atoms with E-state index in [1.165, 1.54) is 13.8 Å². The average Bonchev–Trinajstić information content (AvgIpc) is 3.26. The first kappa shape index (κ1) is 48.0. The van der Waals surface area contributed by atoms with E-state index in [9.17, 15) is 39.0 Å². The fourth-order valence-electron chi connectivity index (χ4n) is 7.04. The number of fused-ring (bicyclic) bond motifs is 2. The Bertz CT molecular complexity index is 2230. The Kier molecular flexibility index (Phi) is 17.4. The number of esters is 1. The lowest BCUT2D eigenvalue weighted by molar-refractivity contribution is -0.283. The van der Waals surface area contributed by atoms with Gasteiger partial charge in [0.1, 0.15) is 42.5 Å². The molecule has 0 spiro atoms. The molecule has 2 heterocycles. The number of amides is 5. The lowest BCUT2D eigenvalue weighted by atomic mass is 9.96. The summed E-state index contributed by atoms with van der Waals surface area (Å²) in [5.74, 6) is -4.44. The van der Waals surface area contributed by atoms with Crippen molar-refractivity contribution >= 4 is 57.3 Å². The summed E-state index contributed by atoms with van der Waals surface area (Å²) in [7, 11) is 0. The van der Waals surface area contributed by atoms with Gasteiger partial charge in [0, 0.05) is 30.7 Å². The number of carbonyl (C=O) groups excluding carboxylic acids is 6. The third-order valence-electron chi connectivity index (χ3n) is 10.4. The predicted octanol–water partition coefficient (Wildman–Crippen LogP) is 1.52. The van der Waals surface area contributed by atoms with Crippen LogP contribution in [-0.2, 0) is 49.5 Å². The number of nitrogens with two attached hydrogens (primary N) is 1. The van der Waals surface area contributed by atoms with Crippen molar-refractivity contribution in [1.82, 2.24) is 26.3 Å². The second-order valence-electron chi connectivity index (χ2n) is 15.6. The molecular weight excluding hydrogens is 817 g/mol. The summed E-state index contributed by atoms with van der Waals surface area (Å²) in [6.45, 7) is 5.56. The van der Waals surface area contributed by atoms with Crippen molar-refractivity contribution in [1.29, 1.82) is 0 Å². The van der Waals surface area contributed by atoms with E-state index < -0.39 is 91.0 Å².